The van der Waals surface area contributed by atoms with E-state index in [1.165, 1.54) is 18.2 Å². The number of hydrogen-bond donors (Lipinski definition) is 1. The number of nitrogens with one attached hydrogen (secondary N) is 1. The van der Waals surface area contributed by atoms with Gasteiger partial charge in [-0.05, 0) is 25.1 Å². The van der Waals surface area contributed by atoms with Crippen molar-refractivity contribution in [1.82, 2.24) is 14.7 Å². The Kier molecular flexibility index (Phi) is 6.95. The highest BCUT2D eigenvalue weighted by molar-refractivity contribution is 7.89. The van der Waals surface area contributed by atoms with Gasteiger partial charge in [-0.1, -0.05) is 23.2 Å². The molecule has 0 bridgehead atoms. The molecule has 11 heteroatoms. The zero-order valence-electron chi connectivity index (χ0n) is 15.2. The van der Waals surface area contributed by atoms with E-state index in [4.69, 9.17) is 32.7 Å². The molecule has 1 aromatic carbocycles. The predicted molar refractivity (Wildman–Crippen MR) is 107 cm³/mol. The summed E-state index contributed by atoms with van der Waals surface area (Å²) in [6.07, 6.45) is 0. The summed E-state index contributed by atoms with van der Waals surface area (Å²) in [4.78, 5) is 10.8. The maximum atomic E-state index is 12.3. The fourth-order valence-corrected chi connectivity index (χ4v) is 4.01. The van der Waals surface area contributed by atoms with E-state index >= 15 is 0 Å². The van der Waals surface area contributed by atoms with Crippen molar-refractivity contribution in [3.05, 3.63) is 40.1 Å². The average Bonchev–Trinajstić information content (AvgIpc) is 2.67. The maximum absolute atomic E-state index is 12.3. The highest BCUT2D eigenvalue weighted by Gasteiger charge is 2.16. The molecule has 3 rings (SSSR count). The zero-order valence-corrected chi connectivity index (χ0v) is 17.5. The van der Waals surface area contributed by atoms with E-state index in [0.717, 1.165) is 18.9 Å². The van der Waals surface area contributed by atoms with Gasteiger partial charge in [0.05, 0.1) is 28.2 Å². The van der Waals surface area contributed by atoms with Crippen LogP contribution in [0, 0.1) is 6.92 Å². The molecule has 2 heterocycles. The summed E-state index contributed by atoms with van der Waals surface area (Å²) >= 11 is 11.7. The Hall–Kier alpha value is -1.65. The van der Waals surface area contributed by atoms with Crippen molar-refractivity contribution in [3.8, 4) is 5.88 Å². The summed E-state index contributed by atoms with van der Waals surface area (Å²) in [5, 5.41) is 0.465. The molecule has 0 saturated carbocycles. The van der Waals surface area contributed by atoms with Crippen LogP contribution in [-0.4, -0.2) is 57.8 Å². The molecule has 1 aliphatic heterocycles. The van der Waals surface area contributed by atoms with Crippen LogP contribution in [0.15, 0.2) is 29.2 Å². The minimum Gasteiger partial charge on any atom is -0.476 e. The van der Waals surface area contributed by atoms with Crippen LogP contribution in [0.1, 0.15) is 5.82 Å². The van der Waals surface area contributed by atoms with Crippen LogP contribution in [0.5, 0.6) is 5.88 Å². The van der Waals surface area contributed by atoms with E-state index in [1.807, 2.05) is 0 Å². The van der Waals surface area contributed by atoms with Gasteiger partial charge in [0.2, 0.25) is 15.9 Å². The van der Waals surface area contributed by atoms with Crippen LogP contribution >= 0.6 is 23.2 Å². The van der Waals surface area contributed by atoms with Gasteiger partial charge in [0.15, 0.2) is 0 Å². The third-order valence-electron chi connectivity index (χ3n) is 3.98. The van der Waals surface area contributed by atoms with Crippen LogP contribution < -0.4 is 14.4 Å². The minimum atomic E-state index is -3.72. The lowest BCUT2D eigenvalue weighted by Crippen LogP contribution is -2.37. The third-order valence-corrected chi connectivity index (χ3v) is 6.18. The third kappa shape index (κ3) is 5.45. The van der Waals surface area contributed by atoms with Crippen molar-refractivity contribution in [1.29, 1.82) is 0 Å². The lowest BCUT2D eigenvalue weighted by atomic mass is 10.4. The molecule has 0 atom stereocenters. The Morgan fingerprint density at radius 3 is 2.64 bits per heavy atom. The Balaban J connectivity index is 1.57. The lowest BCUT2D eigenvalue weighted by molar-refractivity contribution is 0.122. The second-order valence-corrected chi connectivity index (χ2v) is 8.61. The second-order valence-electron chi connectivity index (χ2n) is 6.03. The number of anilines is 1. The quantitative estimate of drug-likeness (QED) is 0.651. The number of sulfonamides is 1. The van der Waals surface area contributed by atoms with Gasteiger partial charge in [-0.2, -0.15) is 4.98 Å². The summed E-state index contributed by atoms with van der Waals surface area (Å²) < 4.78 is 38.0. The van der Waals surface area contributed by atoms with Crippen molar-refractivity contribution in [2.75, 3.05) is 44.4 Å². The molecule has 28 heavy (non-hydrogen) atoms. The van der Waals surface area contributed by atoms with Crippen molar-refractivity contribution < 1.29 is 17.9 Å². The molecule has 1 aliphatic rings. The van der Waals surface area contributed by atoms with Crippen molar-refractivity contribution in [2.24, 2.45) is 0 Å². The average molecular weight is 447 g/mol. The predicted octanol–water partition coefficient (Wildman–Crippen LogP) is 2.29. The number of morpholine rings is 1. The topological polar surface area (TPSA) is 93.6 Å². The van der Waals surface area contributed by atoms with Gasteiger partial charge >= 0.3 is 0 Å². The Labute approximate surface area is 173 Å². The highest BCUT2D eigenvalue weighted by Crippen LogP contribution is 2.24. The van der Waals surface area contributed by atoms with E-state index in [0.29, 0.717) is 29.9 Å². The summed E-state index contributed by atoms with van der Waals surface area (Å²) in [6, 6.07) is 5.87. The first-order chi connectivity index (χ1) is 13.3. The molecule has 152 valence electrons. The molecular weight excluding hydrogens is 427 g/mol. The number of aromatic nitrogens is 2. The van der Waals surface area contributed by atoms with Gasteiger partial charge in [0.1, 0.15) is 18.2 Å². The van der Waals surface area contributed by atoms with Crippen molar-refractivity contribution >= 4 is 39.0 Å². The first kappa shape index (κ1) is 21.1. The molecular formula is C17H20Cl2N4O4S. The van der Waals surface area contributed by atoms with Gasteiger partial charge < -0.3 is 14.4 Å². The molecule has 1 saturated heterocycles. The molecule has 1 fully saturated rings. The van der Waals surface area contributed by atoms with Crippen LogP contribution in [0.4, 0.5) is 5.82 Å². The molecule has 8 nitrogen and oxygen atoms in total. The van der Waals surface area contributed by atoms with Crippen molar-refractivity contribution in [3.63, 3.8) is 0 Å². The number of halogens is 2. The van der Waals surface area contributed by atoms with Crippen LogP contribution in [-0.2, 0) is 14.8 Å². The van der Waals surface area contributed by atoms with E-state index in [2.05, 4.69) is 19.6 Å². The van der Waals surface area contributed by atoms with Crippen LogP contribution in [0.25, 0.3) is 0 Å². The van der Waals surface area contributed by atoms with Gasteiger partial charge in [0, 0.05) is 25.7 Å². The first-order valence-corrected chi connectivity index (χ1v) is 10.8. The fraction of sp³-hybridized carbons (Fsp3) is 0.412. The van der Waals surface area contributed by atoms with Crippen LogP contribution in [0.2, 0.25) is 10.0 Å². The fourth-order valence-electron chi connectivity index (χ4n) is 2.61. The molecule has 0 aliphatic carbocycles. The van der Waals surface area contributed by atoms with Crippen molar-refractivity contribution in [2.45, 2.75) is 11.8 Å². The molecule has 0 unspecified atom stereocenters. The van der Waals surface area contributed by atoms with Gasteiger partial charge in [0.25, 0.3) is 0 Å². The summed E-state index contributed by atoms with van der Waals surface area (Å²) in [5.41, 5.74) is 0. The normalized spacial score (nSPS) is 14.9. The van der Waals surface area contributed by atoms with Gasteiger partial charge in [-0.3, -0.25) is 0 Å². The lowest BCUT2D eigenvalue weighted by Gasteiger charge is -2.28. The van der Waals surface area contributed by atoms with Gasteiger partial charge in [-0.25, -0.2) is 18.1 Å². The number of hydrogen-bond acceptors (Lipinski definition) is 7. The molecule has 2 aromatic rings. The maximum Gasteiger partial charge on any atom is 0.240 e. The Morgan fingerprint density at radius 2 is 1.93 bits per heavy atom. The van der Waals surface area contributed by atoms with Crippen LogP contribution in [0.3, 0.4) is 0 Å². The van der Waals surface area contributed by atoms with Gasteiger partial charge in [-0.15, -0.1) is 0 Å². The molecule has 0 radical (unpaired) electrons. The highest BCUT2D eigenvalue weighted by atomic mass is 35.5. The summed E-state index contributed by atoms with van der Waals surface area (Å²) in [5.74, 6) is 1.74. The second kappa shape index (κ2) is 9.23. The summed E-state index contributed by atoms with van der Waals surface area (Å²) in [6.45, 7) is 4.76. The molecule has 1 aromatic heterocycles. The molecule has 0 amide bonds. The van der Waals surface area contributed by atoms with E-state index in [1.54, 1.807) is 13.0 Å². The van der Waals surface area contributed by atoms with E-state index < -0.39 is 10.0 Å². The Morgan fingerprint density at radius 1 is 1.18 bits per heavy atom. The number of ether oxygens (including phenoxy) is 2. The number of benzene rings is 1. The minimum absolute atomic E-state index is 0.0365. The largest absolute Gasteiger partial charge is 0.476 e. The van der Waals surface area contributed by atoms with E-state index in [-0.39, 0.29) is 23.1 Å². The number of rotatable bonds is 7. The number of nitrogens with zero attached hydrogens (tertiary/aromatic N) is 3. The SMILES string of the molecule is Cc1nc(OCCNS(=O)(=O)c2ccc(Cl)c(Cl)c2)cc(N2CCOCC2)n1. The Bertz CT molecular complexity index is 937. The standard InChI is InChI=1S/C17H20Cl2N4O4S/c1-12-21-16(23-5-8-26-9-6-23)11-17(22-12)27-7-4-20-28(24,25)13-2-3-14(18)15(19)10-13/h2-3,10-11,20H,4-9H2,1H3. The monoisotopic (exact) mass is 446 g/mol. The number of aryl methyl sites for hydroxylation is 1. The molecule has 0 spiro atoms. The zero-order chi connectivity index (χ0) is 20.1. The summed E-state index contributed by atoms with van der Waals surface area (Å²) in [7, 11) is -3.72. The first-order valence-electron chi connectivity index (χ1n) is 8.61. The smallest absolute Gasteiger partial charge is 0.240 e. The molecule has 1 N–H and O–H groups in total. The van der Waals surface area contributed by atoms with E-state index in [9.17, 15) is 8.42 Å².